The number of carbonyl (C=O) groups excluding carboxylic acids is 4. The topological polar surface area (TPSA) is 189 Å². The van der Waals surface area contributed by atoms with E-state index in [0.29, 0.717) is 61.5 Å². The number of aromatic nitrogens is 1. The van der Waals surface area contributed by atoms with Gasteiger partial charge in [-0.2, -0.15) is 0 Å². The maximum atomic E-state index is 14.6. The Morgan fingerprint density at radius 1 is 1.08 bits per heavy atom. The van der Waals surface area contributed by atoms with Gasteiger partial charge in [-0.25, -0.2) is 8.78 Å². The molecule has 6 aliphatic rings. The van der Waals surface area contributed by atoms with Gasteiger partial charge in [0.05, 0.1) is 11.6 Å². The molecule has 4 amide bonds. The molecule has 1 aliphatic carbocycles. The molecule has 0 radical (unpaired) electrons. The van der Waals surface area contributed by atoms with E-state index in [2.05, 4.69) is 26.9 Å². The highest BCUT2D eigenvalue weighted by Crippen LogP contribution is 2.41. The van der Waals surface area contributed by atoms with Crippen LogP contribution < -0.4 is 26.6 Å². The number of imide groups is 1. The molecule has 0 spiro atoms. The second-order valence-corrected chi connectivity index (χ2v) is 18.0. The van der Waals surface area contributed by atoms with Gasteiger partial charge < -0.3 is 41.2 Å². The van der Waals surface area contributed by atoms with Crippen molar-refractivity contribution in [1.82, 2.24) is 35.6 Å². The number of piperidine rings is 2. The Balaban J connectivity index is 0.888. The number of fused-ring (bicyclic) bond motifs is 2. The van der Waals surface area contributed by atoms with Crippen LogP contribution in [0.4, 0.5) is 14.5 Å². The second-order valence-electron chi connectivity index (χ2n) is 18.0. The Labute approximate surface area is 378 Å². The number of nitrogens with one attached hydrogen (secondary N) is 4. The maximum absolute atomic E-state index is 14.6. The molecule has 15 nitrogen and oxygen atoms in total. The third-order valence-corrected chi connectivity index (χ3v) is 13.8. The summed E-state index contributed by atoms with van der Waals surface area (Å²) in [4.78, 5) is 63.0. The molecule has 17 heteroatoms. The van der Waals surface area contributed by atoms with E-state index in [4.69, 9.17) is 20.9 Å². The Kier molecular flexibility index (Phi) is 13.8. The van der Waals surface area contributed by atoms with Crippen molar-refractivity contribution in [2.75, 3.05) is 51.2 Å². The zero-order chi connectivity index (χ0) is 45.9. The number of amides is 4. The van der Waals surface area contributed by atoms with E-state index in [9.17, 15) is 28.0 Å². The van der Waals surface area contributed by atoms with E-state index in [1.807, 2.05) is 36.2 Å². The molecule has 65 heavy (non-hydrogen) atoms. The SMILES string of the molecule is CN/C=C(\C=N)c1cc2c(cc1C(F)F)N(C(N)C1=C(NC3CCN(Cc4ccc(COC5=C6CN(C7CCC(=O)NC7=O)C(=O)C6C(C)C=C5)nc4)CC3)CCN(C(C)=O)C1)CCC2. The summed E-state index contributed by atoms with van der Waals surface area (Å²) in [5.74, 6) is -0.712. The predicted molar refractivity (Wildman–Crippen MR) is 242 cm³/mol. The quantitative estimate of drug-likeness (QED) is 0.135. The molecule has 0 bridgehead atoms. The first-order chi connectivity index (χ1) is 31.3. The van der Waals surface area contributed by atoms with E-state index in [1.165, 1.54) is 6.07 Å². The standard InChI is InChI=1S/C48H60F2N10O5/c1-28-6-10-42(38-26-60(48(64)44(28)38)40-9-11-43(62)56-47(40)63)65-27-34-8-7-30(22-54-34)24-57-16-12-33(13-17-57)55-39-14-18-58(29(2)61)25-37(39)46(52)59-15-4-5-31-19-35(32(21-51)23-53-3)36(45(49)50)20-41(31)59/h6-8,10,19-23,28,33,40,44-46,51,53,55H,4-5,9,11-18,24-27,52H2,1-3H3,(H,56,62,63)/b32-23+,51-21?. The Bertz CT molecular complexity index is 2320. The van der Waals surface area contributed by atoms with Crippen LogP contribution in [0.5, 0.6) is 0 Å². The summed E-state index contributed by atoms with van der Waals surface area (Å²) in [6, 6.07) is 6.87. The molecule has 5 aliphatic heterocycles. The van der Waals surface area contributed by atoms with Gasteiger partial charge in [0.2, 0.25) is 23.6 Å². The first-order valence-corrected chi connectivity index (χ1v) is 22.8. The van der Waals surface area contributed by atoms with Crippen LogP contribution in [0, 0.1) is 17.2 Å². The molecule has 6 heterocycles. The Morgan fingerprint density at radius 3 is 2.57 bits per heavy atom. The third-order valence-electron chi connectivity index (χ3n) is 13.8. The van der Waals surface area contributed by atoms with E-state index >= 15 is 0 Å². The van der Waals surface area contributed by atoms with Gasteiger partial charge in [-0.1, -0.05) is 19.1 Å². The van der Waals surface area contributed by atoms with Gasteiger partial charge in [-0.3, -0.25) is 34.4 Å². The molecule has 4 atom stereocenters. The zero-order valence-electron chi connectivity index (χ0n) is 37.4. The van der Waals surface area contributed by atoms with Crippen LogP contribution in [-0.2, 0) is 43.5 Å². The zero-order valence-corrected chi connectivity index (χ0v) is 37.4. The van der Waals surface area contributed by atoms with Gasteiger partial charge in [-0.15, -0.1) is 0 Å². The van der Waals surface area contributed by atoms with Crippen molar-refractivity contribution in [3.05, 3.63) is 99.4 Å². The molecule has 346 valence electrons. The smallest absolute Gasteiger partial charge is 0.264 e. The number of rotatable bonds is 14. The molecule has 1 aromatic carbocycles. The van der Waals surface area contributed by atoms with E-state index < -0.39 is 30.5 Å². The highest BCUT2D eigenvalue weighted by atomic mass is 19.3. The van der Waals surface area contributed by atoms with Crippen molar-refractivity contribution in [1.29, 1.82) is 5.41 Å². The molecule has 6 N–H and O–H groups in total. The normalized spacial score (nSPS) is 23.7. The Morgan fingerprint density at radius 2 is 1.88 bits per heavy atom. The lowest BCUT2D eigenvalue weighted by Gasteiger charge is -2.42. The van der Waals surface area contributed by atoms with Crippen LogP contribution in [-0.4, -0.2) is 114 Å². The third kappa shape index (κ3) is 9.71. The molecule has 0 saturated carbocycles. The van der Waals surface area contributed by atoms with Crippen LogP contribution in [0.2, 0.25) is 0 Å². The lowest BCUT2D eigenvalue weighted by atomic mass is 9.84. The van der Waals surface area contributed by atoms with E-state index in [-0.39, 0.29) is 54.8 Å². The molecule has 2 aromatic rings. The number of allylic oxidation sites excluding steroid dienone is 3. The van der Waals surface area contributed by atoms with E-state index in [0.717, 1.165) is 78.8 Å². The van der Waals surface area contributed by atoms with E-state index in [1.54, 1.807) is 36.0 Å². The minimum absolute atomic E-state index is 0.0369. The fourth-order valence-corrected chi connectivity index (χ4v) is 10.3. The number of likely N-dealkylation sites (tertiary alicyclic amines) is 2. The highest BCUT2D eigenvalue weighted by Gasteiger charge is 2.47. The number of anilines is 1. The number of nitrogens with zero attached hydrogens (tertiary/aromatic N) is 5. The number of hydrogen-bond donors (Lipinski definition) is 5. The first-order valence-electron chi connectivity index (χ1n) is 22.8. The number of halogens is 2. The minimum atomic E-state index is -2.75. The van der Waals surface area contributed by atoms with Gasteiger partial charge in [-0.05, 0) is 79.0 Å². The van der Waals surface area contributed by atoms with Crippen LogP contribution in [0.3, 0.4) is 0 Å². The van der Waals surface area contributed by atoms with Crippen molar-refractivity contribution in [3.8, 4) is 0 Å². The summed E-state index contributed by atoms with van der Waals surface area (Å²) in [5.41, 5.74) is 13.9. The summed E-state index contributed by atoms with van der Waals surface area (Å²) in [7, 11) is 1.67. The number of pyridine rings is 1. The van der Waals surface area contributed by atoms with Crippen molar-refractivity contribution in [2.45, 2.75) is 96.6 Å². The number of ether oxygens (including phenoxy) is 1. The average Bonchev–Trinajstić information content (AvgIpc) is 3.65. The fourth-order valence-electron chi connectivity index (χ4n) is 10.3. The number of alkyl halides is 2. The van der Waals surface area contributed by atoms with Crippen LogP contribution >= 0.6 is 0 Å². The number of aryl methyl sites for hydroxylation is 1. The number of nitrogens with two attached hydrogens (primary N) is 1. The van der Waals surface area contributed by atoms with Gasteiger partial charge >= 0.3 is 0 Å². The van der Waals surface area contributed by atoms with Gasteiger partial charge in [0.1, 0.15) is 24.6 Å². The van der Waals surface area contributed by atoms with Crippen LogP contribution in [0.15, 0.2) is 71.4 Å². The largest absolute Gasteiger partial charge is 0.487 e. The molecule has 8 rings (SSSR count). The molecular weight excluding hydrogens is 835 g/mol. The second kappa shape index (κ2) is 19.7. The summed E-state index contributed by atoms with van der Waals surface area (Å²) >= 11 is 0. The molecule has 3 fully saturated rings. The van der Waals surface area contributed by atoms with Crippen molar-refractivity contribution < 1.29 is 32.7 Å². The molecule has 4 unspecified atom stereocenters. The molecule has 1 aromatic heterocycles. The average molecular weight is 895 g/mol. The van der Waals surface area contributed by atoms with Gasteiger partial charge in [0.15, 0.2) is 0 Å². The van der Waals surface area contributed by atoms with Crippen molar-refractivity contribution >= 4 is 41.1 Å². The lowest BCUT2D eigenvalue weighted by molar-refractivity contribution is -0.145. The highest BCUT2D eigenvalue weighted by molar-refractivity contribution is 6.09. The maximum Gasteiger partial charge on any atom is 0.264 e. The van der Waals surface area contributed by atoms with Gasteiger partial charge in [0, 0.05) is 131 Å². The van der Waals surface area contributed by atoms with Gasteiger partial charge in [0.25, 0.3) is 6.43 Å². The summed E-state index contributed by atoms with van der Waals surface area (Å²) in [5, 5.41) is 16.9. The number of carbonyl (C=O) groups is 4. The lowest BCUT2D eigenvalue weighted by Crippen LogP contribution is -2.53. The Hall–Kier alpha value is -5.94. The fraction of sp³-hybridized carbons (Fsp3) is 0.500. The summed E-state index contributed by atoms with van der Waals surface area (Å²) < 4.78 is 35.4. The number of hydrogen-bond acceptors (Lipinski definition) is 12. The molecular formula is C48H60F2N10O5. The predicted octanol–water partition coefficient (Wildman–Crippen LogP) is 4.27. The van der Waals surface area contributed by atoms with Crippen LogP contribution in [0.1, 0.15) is 86.7 Å². The van der Waals surface area contributed by atoms with Crippen molar-refractivity contribution in [3.63, 3.8) is 0 Å². The number of benzene rings is 1. The summed E-state index contributed by atoms with van der Waals surface area (Å²) in [6.45, 7) is 8.04. The minimum Gasteiger partial charge on any atom is -0.487 e. The summed E-state index contributed by atoms with van der Waals surface area (Å²) in [6.07, 6.45) is 9.44. The molecule has 3 saturated heterocycles. The first kappa shape index (κ1) is 45.6. The van der Waals surface area contributed by atoms with Crippen LogP contribution in [0.25, 0.3) is 5.57 Å². The monoisotopic (exact) mass is 894 g/mol. The van der Waals surface area contributed by atoms with Crippen molar-refractivity contribution in [2.24, 2.45) is 17.6 Å².